The van der Waals surface area contributed by atoms with Crippen LogP contribution in [0.15, 0.2) is 66.9 Å². The number of rotatable bonds is 10. The summed E-state index contributed by atoms with van der Waals surface area (Å²) in [7, 11) is 3.91. The van der Waals surface area contributed by atoms with Gasteiger partial charge in [0.1, 0.15) is 17.5 Å². The summed E-state index contributed by atoms with van der Waals surface area (Å²) in [6.07, 6.45) is 1.67. The molecule has 0 fully saturated rings. The van der Waals surface area contributed by atoms with Crippen molar-refractivity contribution in [3.63, 3.8) is 0 Å². The molecule has 0 radical (unpaired) electrons. The number of fused-ring (bicyclic) bond motifs is 1. The third-order valence-corrected chi connectivity index (χ3v) is 6.23. The van der Waals surface area contributed by atoms with Crippen molar-refractivity contribution in [2.24, 2.45) is 12.8 Å². The van der Waals surface area contributed by atoms with Crippen molar-refractivity contribution in [1.82, 2.24) is 14.5 Å². The van der Waals surface area contributed by atoms with E-state index in [1.807, 2.05) is 49.0 Å². The minimum Gasteiger partial charge on any atom is -0.466 e. The summed E-state index contributed by atoms with van der Waals surface area (Å²) in [5.41, 5.74) is 9.23. The summed E-state index contributed by atoms with van der Waals surface area (Å²) >= 11 is 0. The van der Waals surface area contributed by atoms with Gasteiger partial charge in [-0.25, -0.2) is 9.97 Å². The summed E-state index contributed by atoms with van der Waals surface area (Å²) in [5, 5.41) is 7.56. The zero-order valence-corrected chi connectivity index (χ0v) is 22.9. The number of benzene rings is 2. The van der Waals surface area contributed by atoms with E-state index in [0.717, 1.165) is 17.0 Å². The van der Waals surface area contributed by atoms with Crippen molar-refractivity contribution in [3.05, 3.63) is 83.8 Å². The summed E-state index contributed by atoms with van der Waals surface area (Å²) in [6.45, 7) is 2.71. The maximum Gasteiger partial charge on any atom is 0.307 e. The Labute approximate surface area is 233 Å². The number of nitrogens with two attached hydrogens (primary N) is 1. The number of amides is 1. The van der Waals surface area contributed by atoms with Gasteiger partial charge in [-0.2, -0.15) is 0 Å². The largest absolute Gasteiger partial charge is 0.466 e. The van der Waals surface area contributed by atoms with Gasteiger partial charge >= 0.3 is 5.97 Å². The first kappa shape index (κ1) is 29.1. The van der Waals surface area contributed by atoms with E-state index in [1.165, 1.54) is 4.90 Å². The molecule has 2 aromatic heterocycles. The lowest BCUT2D eigenvalue weighted by atomic mass is 10.1. The van der Waals surface area contributed by atoms with E-state index in [2.05, 4.69) is 9.88 Å². The minimum absolute atomic E-state index is 0. The van der Waals surface area contributed by atoms with E-state index in [0.29, 0.717) is 29.0 Å². The molecular weight excluding hydrogens is 518 g/mol. The highest BCUT2D eigenvalue weighted by molar-refractivity contribution is 6.07. The first-order valence-electron chi connectivity index (χ1n) is 12.3. The highest BCUT2D eigenvalue weighted by Crippen LogP contribution is 2.22. The Kier molecular flexibility index (Phi) is 9.62. The normalized spacial score (nSPS) is 10.5. The van der Waals surface area contributed by atoms with Gasteiger partial charge < -0.3 is 19.9 Å². The van der Waals surface area contributed by atoms with Gasteiger partial charge in [-0.15, -0.1) is 12.4 Å². The lowest BCUT2D eigenvalue weighted by Crippen LogP contribution is -2.34. The zero-order chi connectivity index (χ0) is 27.2. The highest BCUT2D eigenvalue weighted by atomic mass is 35.5. The third kappa shape index (κ3) is 6.71. The van der Waals surface area contributed by atoms with Gasteiger partial charge in [-0.05, 0) is 61.5 Å². The standard InChI is InChI=1S/C28H31N7O3.ClH/c1-4-38-26(36)14-16-35(24-7-5-6-15-31-24)28(37)20-10-13-23-22(17-20)32-25(34(23)3)18-33(2)21-11-8-19(9-12-21)27(29)30;/h5-13,15,17H,4,14,16,18H2,1-3H3,(H3,29,30);1H. The summed E-state index contributed by atoms with van der Waals surface area (Å²) in [6, 6.07) is 18.2. The highest BCUT2D eigenvalue weighted by Gasteiger charge is 2.21. The maximum absolute atomic E-state index is 13.6. The molecule has 204 valence electrons. The second-order valence-corrected chi connectivity index (χ2v) is 8.81. The van der Waals surface area contributed by atoms with E-state index in [9.17, 15) is 9.59 Å². The number of ether oxygens (including phenoxy) is 1. The van der Waals surface area contributed by atoms with Crippen LogP contribution in [-0.2, 0) is 23.1 Å². The molecule has 10 nitrogen and oxygen atoms in total. The second-order valence-electron chi connectivity index (χ2n) is 8.81. The van der Waals surface area contributed by atoms with Crippen LogP contribution in [0.1, 0.15) is 35.1 Å². The molecule has 0 saturated heterocycles. The van der Waals surface area contributed by atoms with Crippen LogP contribution in [0.5, 0.6) is 0 Å². The molecule has 0 unspecified atom stereocenters. The summed E-state index contributed by atoms with van der Waals surface area (Å²) < 4.78 is 7.04. The lowest BCUT2D eigenvalue weighted by molar-refractivity contribution is -0.142. The number of anilines is 2. The molecule has 1 amide bonds. The fourth-order valence-corrected chi connectivity index (χ4v) is 4.15. The van der Waals surface area contributed by atoms with Gasteiger partial charge in [0.25, 0.3) is 5.91 Å². The van der Waals surface area contributed by atoms with E-state index < -0.39 is 0 Å². The van der Waals surface area contributed by atoms with Crippen LogP contribution in [0.2, 0.25) is 0 Å². The number of carbonyl (C=O) groups is 2. The van der Waals surface area contributed by atoms with Crippen LogP contribution in [0, 0.1) is 5.41 Å². The van der Waals surface area contributed by atoms with Gasteiger partial charge in [0.2, 0.25) is 0 Å². The predicted octanol–water partition coefficient (Wildman–Crippen LogP) is 3.91. The van der Waals surface area contributed by atoms with Crippen LogP contribution in [0.3, 0.4) is 0 Å². The first-order chi connectivity index (χ1) is 18.3. The van der Waals surface area contributed by atoms with Crippen molar-refractivity contribution in [2.75, 3.05) is 30.0 Å². The number of carbonyl (C=O) groups excluding carboxylic acids is 2. The number of aromatic nitrogens is 3. The number of imidazole rings is 1. The molecule has 11 heteroatoms. The molecule has 4 rings (SSSR count). The van der Waals surface area contributed by atoms with Crippen molar-refractivity contribution in [1.29, 1.82) is 5.41 Å². The zero-order valence-electron chi connectivity index (χ0n) is 22.1. The molecule has 0 spiro atoms. The number of nitrogens with zero attached hydrogens (tertiary/aromatic N) is 5. The van der Waals surface area contributed by atoms with Crippen LogP contribution >= 0.6 is 12.4 Å². The van der Waals surface area contributed by atoms with Gasteiger partial charge in [-0.1, -0.05) is 6.07 Å². The van der Waals surface area contributed by atoms with Crippen molar-refractivity contribution in [2.45, 2.75) is 19.9 Å². The van der Waals surface area contributed by atoms with Crippen LogP contribution in [0.4, 0.5) is 11.5 Å². The average molecular weight is 550 g/mol. The minimum atomic E-state index is -0.369. The van der Waals surface area contributed by atoms with E-state index in [1.54, 1.807) is 43.5 Å². The quantitative estimate of drug-likeness (QED) is 0.174. The molecule has 39 heavy (non-hydrogen) atoms. The van der Waals surface area contributed by atoms with Crippen LogP contribution in [-0.4, -0.2) is 52.4 Å². The second kappa shape index (κ2) is 12.9. The van der Waals surface area contributed by atoms with Crippen LogP contribution in [0.25, 0.3) is 11.0 Å². The van der Waals surface area contributed by atoms with Gasteiger partial charge in [-0.3, -0.25) is 19.9 Å². The number of aryl methyl sites for hydroxylation is 1. The number of hydrogen-bond donors (Lipinski definition) is 2. The molecular formula is C28H32ClN7O3. The SMILES string of the molecule is CCOC(=O)CCN(C(=O)c1ccc2c(c1)nc(CN(C)c1ccc(C(=N)N)cc1)n2C)c1ccccn1.Cl. The Morgan fingerprint density at radius 3 is 2.44 bits per heavy atom. The van der Waals surface area contributed by atoms with E-state index in [4.69, 9.17) is 20.9 Å². The van der Waals surface area contributed by atoms with Gasteiger partial charge in [0.05, 0.1) is 30.6 Å². The Bertz CT molecular complexity index is 1460. The molecule has 0 saturated carbocycles. The first-order valence-corrected chi connectivity index (χ1v) is 12.3. The smallest absolute Gasteiger partial charge is 0.307 e. The van der Waals surface area contributed by atoms with Gasteiger partial charge in [0, 0.05) is 43.7 Å². The van der Waals surface area contributed by atoms with E-state index in [-0.39, 0.29) is 49.7 Å². The summed E-state index contributed by atoms with van der Waals surface area (Å²) in [5.74, 6) is 0.672. The Morgan fingerprint density at radius 1 is 1.08 bits per heavy atom. The fraction of sp³-hybridized carbons (Fsp3) is 0.250. The molecule has 0 bridgehead atoms. The monoisotopic (exact) mass is 549 g/mol. The van der Waals surface area contributed by atoms with E-state index >= 15 is 0 Å². The predicted molar refractivity (Wildman–Crippen MR) is 155 cm³/mol. The Morgan fingerprint density at radius 2 is 1.79 bits per heavy atom. The molecule has 3 N–H and O–H groups in total. The number of esters is 1. The fourth-order valence-electron chi connectivity index (χ4n) is 4.15. The average Bonchev–Trinajstić information content (AvgIpc) is 3.23. The van der Waals surface area contributed by atoms with Crippen molar-refractivity contribution >= 4 is 52.7 Å². The Hall–Kier alpha value is -4.44. The van der Waals surface area contributed by atoms with Crippen molar-refractivity contribution in [3.8, 4) is 0 Å². The number of hydrogen-bond acceptors (Lipinski definition) is 7. The van der Waals surface area contributed by atoms with Crippen molar-refractivity contribution < 1.29 is 14.3 Å². The molecule has 2 heterocycles. The number of amidine groups is 1. The number of nitrogen functional groups attached to an aromatic ring is 1. The number of halogens is 1. The molecule has 0 aliphatic heterocycles. The molecule has 0 atom stereocenters. The topological polar surface area (TPSA) is 130 Å². The van der Waals surface area contributed by atoms with Crippen LogP contribution < -0.4 is 15.5 Å². The lowest BCUT2D eigenvalue weighted by Gasteiger charge is -2.21. The number of nitrogens with one attached hydrogen (secondary N) is 1. The summed E-state index contributed by atoms with van der Waals surface area (Å²) in [4.78, 5) is 38.2. The number of pyridine rings is 1. The molecule has 0 aliphatic carbocycles. The van der Waals surface area contributed by atoms with Gasteiger partial charge in [0.15, 0.2) is 0 Å². The molecule has 0 aliphatic rings. The molecule has 2 aromatic carbocycles. The maximum atomic E-state index is 13.6. The molecule has 4 aromatic rings. The Balaban J connectivity index is 0.00000420. The third-order valence-electron chi connectivity index (χ3n) is 6.23.